The van der Waals surface area contributed by atoms with Gasteiger partial charge >= 0.3 is 12.1 Å². The molecule has 2 heterocycles. The smallest absolute Gasteiger partial charge is 0.416 e. The van der Waals surface area contributed by atoms with Crippen LogP contribution in [-0.2, 0) is 22.1 Å². The molecule has 0 bridgehead atoms. The fraction of sp³-hybridized carbons (Fsp3) is 0.462. The number of hydrogen-bond donors (Lipinski definition) is 1. The monoisotopic (exact) mass is 557 g/mol. The second-order valence-electron chi connectivity index (χ2n) is 9.57. The summed E-state index contributed by atoms with van der Waals surface area (Å²) >= 11 is 13.2. The average molecular weight is 558 g/mol. The molecule has 0 saturated carbocycles. The number of nitrogens with one attached hydrogen (secondary N) is 1. The van der Waals surface area contributed by atoms with Gasteiger partial charge in [-0.3, -0.25) is 9.59 Å². The van der Waals surface area contributed by atoms with E-state index in [4.69, 9.17) is 27.9 Å². The number of benzene rings is 2. The van der Waals surface area contributed by atoms with Crippen molar-refractivity contribution >= 4 is 40.8 Å². The van der Waals surface area contributed by atoms with Gasteiger partial charge < -0.3 is 14.6 Å². The Hall–Kier alpha value is -2.49. The number of halogens is 5. The molecule has 0 spiro atoms. The van der Waals surface area contributed by atoms with Crippen LogP contribution >= 0.6 is 23.2 Å². The lowest BCUT2D eigenvalue weighted by molar-refractivity contribution is -0.142. The molecule has 0 aliphatic carbocycles. The van der Waals surface area contributed by atoms with E-state index in [0.717, 1.165) is 17.7 Å². The molecule has 200 valence electrons. The van der Waals surface area contributed by atoms with Crippen molar-refractivity contribution < 1.29 is 27.5 Å². The molecule has 2 aromatic rings. The van der Waals surface area contributed by atoms with Crippen molar-refractivity contribution in [3.63, 3.8) is 0 Å². The third-order valence-electron chi connectivity index (χ3n) is 7.16. The van der Waals surface area contributed by atoms with Crippen molar-refractivity contribution in [2.45, 2.75) is 44.8 Å². The molecule has 4 rings (SSSR count). The van der Waals surface area contributed by atoms with Crippen LogP contribution in [-0.4, -0.2) is 44.0 Å². The first-order chi connectivity index (χ1) is 17.4. The van der Waals surface area contributed by atoms with Gasteiger partial charge in [-0.25, -0.2) is 5.43 Å². The van der Waals surface area contributed by atoms with Gasteiger partial charge in [-0.1, -0.05) is 23.2 Å². The van der Waals surface area contributed by atoms with Crippen LogP contribution in [0.5, 0.6) is 0 Å². The van der Waals surface area contributed by atoms with Gasteiger partial charge in [0.25, 0.3) is 5.91 Å². The molecule has 1 fully saturated rings. The van der Waals surface area contributed by atoms with E-state index >= 15 is 0 Å². The highest BCUT2D eigenvalue weighted by atomic mass is 35.5. The number of esters is 1. The Kier molecular flexibility index (Phi) is 7.97. The van der Waals surface area contributed by atoms with Gasteiger partial charge in [0.1, 0.15) is 0 Å². The maximum Gasteiger partial charge on any atom is 0.416 e. The van der Waals surface area contributed by atoms with Crippen LogP contribution in [0.1, 0.15) is 57.9 Å². The van der Waals surface area contributed by atoms with Gasteiger partial charge in [0.2, 0.25) is 0 Å². The molecule has 1 saturated heterocycles. The first-order valence-corrected chi connectivity index (χ1v) is 12.7. The highest BCUT2D eigenvalue weighted by Gasteiger charge is 2.36. The van der Waals surface area contributed by atoms with Crippen LogP contribution in [0.4, 0.5) is 18.9 Å². The van der Waals surface area contributed by atoms with Gasteiger partial charge in [0.05, 0.1) is 35.0 Å². The summed E-state index contributed by atoms with van der Waals surface area (Å²) in [5.41, 5.74) is 5.02. The Balaban J connectivity index is 1.55. The molecule has 0 aromatic heterocycles. The molecule has 1 atom stereocenters. The lowest BCUT2D eigenvalue weighted by atomic mass is 9.92. The van der Waals surface area contributed by atoms with Crippen molar-refractivity contribution in [2.75, 3.05) is 32.3 Å². The third kappa shape index (κ3) is 5.68. The number of fused-ring (bicyclic) bond motifs is 1. The zero-order chi connectivity index (χ0) is 27.1. The number of anilines is 1. The summed E-state index contributed by atoms with van der Waals surface area (Å²) in [5, 5.41) is 2.18. The van der Waals surface area contributed by atoms with E-state index in [1.807, 2.05) is 0 Å². The topological polar surface area (TPSA) is 61.9 Å². The van der Waals surface area contributed by atoms with Crippen LogP contribution < -0.4 is 10.4 Å². The standard InChI is InChI=1S/C26H28Cl2F3N3O3/c1-14-10-16(26(29,30)31)12-21-23(14)20(32-33(21)2)13-18-19(27)5-4-17(24(18)28)25(36)34-8-6-15(7-9-34)11-22(35)37-3/h4-5,10,12,15,20,32H,6-9,11,13H2,1-3H3. The third-order valence-corrected chi connectivity index (χ3v) is 7.95. The SMILES string of the molecule is COC(=O)CC1CCN(C(=O)c2ccc(Cl)c(CC3NN(C)c4cc(C(F)(F)F)cc(C)c43)c2Cl)CC1. The summed E-state index contributed by atoms with van der Waals surface area (Å²) in [6.45, 7) is 2.64. The quantitative estimate of drug-likeness (QED) is 0.458. The van der Waals surface area contributed by atoms with Crippen molar-refractivity contribution in [1.29, 1.82) is 0 Å². The number of carbonyl (C=O) groups is 2. The van der Waals surface area contributed by atoms with Gasteiger partial charge in [-0.15, -0.1) is 0 Å². The number of hydrogen-bond acceptors (Lipinski definition) is 5. The van der Waals surface area contributed by atoms with Gasteiger partial charge in [0, 0.05) is 31.6 Å². The van der Waals surface area contributed by atoms with E-state index in [9.17, 15) is 22.8 Å². The molecule has 1 amide bonds. The lowest BCUT2D eigenvalue weighted by Crippen LogP contribution is -2.39. The maximum atomic E-state index is 13.3. The number of hydrazine groups is 1. The Morgan fingerprint density at radius 3 is 2.46 bits per heavy atom. The summed E-state index contributed by atoms with van der Waals surface area (Å²) < 4.78 is 44.8. The predicted octanol–water partition coefficient (Wildman–Crippen LogP) is 5.97. The van der Waals surface area contributed by atoms with E-state index in [-0.39, 0.29) is 35.3 Å². The minimum atomic E-state index is -4.45. The highest BCUT2D eigenvalue weighted by molar-refractivity contribution is 6.38. The number of nitrogens with zero attached hydrogens (tertiary/aromatic N) is 2. The fourth-order valence-corrected chi connectivity index (χ4v) is 5.78. The lowest BCUT2D eigenvalue weighted by Gasteiger charge is -2.32. The van der Waals surface area contributed by atoms with E-state index in [1.165, 1.54) is 7.11 Å². The number of ether oxygens (including phenoxy) is 1. The number of likely N-dealkylation sites (tertiary alicyclic amines) is 1. The summed E-state index contributed by atoms with van der Waals surface area (Å²) in [6.07, 6.45) is -2.46. The molecular weight excluding hydrogens is 530 g/mol. The minimum absolute atomic E-state index is 0.166. The van der Waals surface area contributed by atoms with Crippen LogP contribution in [0, 0.1) is 12.8 Å². The molecule has 6 nitrogen and oxygen atoms in total. The van der Waals surface area contributed by atoms with Crippen molar-refractivity contribution in [2.24, 2.45) is 5.92 Å². The summed E-state index contributed by atoms with van der Waals surface area (Å²) in [5.74, 6) is -0.311. The Labute approximate surface area is 223 Å². The van der Waals surface area contributed by atoms with Crippen molar-refractivity contribution in [1.82, 2.24) is 10.3 Å². The number of carbonyl (C=O) groups excluding carboxylic acids is 2. The fourth-order valence-electron chi connectivity index (χ4n) is 5.17. The number of aryl methyl sites for hydroxylation is 1. The molecule has 2 aromatic carbocycles. The highest BCUT2D eigenvalue weighted by Crippen LogP contribution is 2.43. The predicted molar refractivity (Wildman–Crippen MR) is 136 cm³/mol. The summed E-state index contributed by atoms with van der Waals surface area (Å²) in [7, 11) is 3.02. The Morgan fingerprint density at radius 2 is 1.84 bits per heavy atom. The van der Waals surface area contributed by atoms with Crippen LogP contribution in [0.25, 0.3) is 0 Å². The van der Waals surface area contributed by atoms with Crippen molar-refractivity contribution in [3.05, 3.63) is 62.1 Å². The Morgan fingerprint density at radius 1 is 1.16 bits per heavy atom. The van der Waals surface area contributed by atoms with E-state index in [0.29, 0.717) is 59.8 Å². The maximum absolute atomic E-state index is 13.3. The van der Waals surface area contributed by atoms with Gasteiger partial charge in [-0.2, -0.15) is 13.2 Å². The van der Waals surface area contributed by atoms with E-state index in [2.05, 4.69) is 5.43 Å². The number of piperidine rings is 1. The molecular formula is C26H28Cl2F3N3O3. The zero-order valence-electron chi connectivity index (χ0n) is 20.7. The first-order valence-electron chi connectivity index (χ1n) is 11.9. The van der Waals surface area contributed by atoms with Crippen LogP contribution in [0.15, 0.2) is 24.3 Å². The van der Waals surface area contributed by atoms with E-state index < -0.39 is 11.7 Å². The summed E-state index contributed by atoms with van der Waals surface area (Å²) in [4.78, 5) is 26.6. The first kappa shape index (κ1) is 27.5. The van der Waals surface area contributed by atoms with Crippen LogP contribution in [0.2, 0.25) is 10.0 Å². The number of alkyl halides is 3. The van der Waals surface area contributed by atoms with Gasteiger partial charge in [-0.05, 0) is 73.1 Å². The second kappa shape index (κ2) is 10.7. The summed E-state index contributed by atoms with van der Waals surface area (Å²) in [6, 6.07) is 5.11. The molecule has 37 heavy (non-hydrogen) atoms. The second-order valence-corrected chi connectivity index (χ2v) is 10.4. The Bertz CT molecular complexity index is 1210. The van der Waals surface area contributed by atoms with Crippen LogP contribution in [0.3, 0.4) is 0 Å². The number of amides is 1. The minimum Gasteiger partial charge on any atom is -0.469 e. The molecule has 1 N–H and O–H groups in total. The number of methoxy groups -OCH3 is 1. The van der Waals surface area contributed by atoms with Gasteiger partial charge in [0.15, 0.2) is 0 Å². The largest absolute Gasteiger partial charge is 0.469 e. The van der Waals surface area contributed by atoms with Crippen molar-refractivity contribution in [3.8, 4) is 0 Å². The molecule has 11 heteroatoms. The number of rotatable bonds is 5. The molecule has 2 aliphatic heterocycles. The molecule has 1 unspecified atom stereocenters. The molecule has 2 aliphatic rings. The average Bonchev–Trinajstić information content (AvgIpc) is 3.17. The molecule has 0 radical (unpaired) electrons. The normalized spacial score (nSPS) is 18.2. The van der Waals surface area contributed by atoms with E-state index in [1.54, 1.807) is 36.0 Å². The zero-order valence-corrected chi connectivity index (χ0v) is 22.2.